The molecule has 0 aliphatic carbocycles. The fourth-order valence-corrected chi connectivity index (χ4v) is 4.51. The van der Waals surface area contributed by atoms with Gasteiger partial charge in [-0.25, -0.2) is 22.1 Å². The number of hydrogen-bond donors (Lipinski definition) is 0. The van der Waals surface area contributed by atoms with Gasteiger partial charge in [-0.1, -0.05) is 0 Å². The standard InChI is InChI=1S/C18H24FN3O3S/c1-12-7-14(8-13(2)17(12)19)18-20-5-6-22(18)16-10-25-9-15(16)11-26(23,24)21(3)4/h5-8,15-16H,9-11H2,1-4H3/t15-,16+/m0/s1. The molecular formula is C18H24FN3O3S. The Morgan fingerprint density at radius 2 is 1.92 bits per heavy atom. The van der Waals surface area contributed by atoms with Crippen molar-refractivity contribution in [2.45, 2.75) is 19.9 Å². The van der Waals surface area contributed by atoms with E-state index in [4.69, 9.17) is 4.74 Å². The summed E-state index contributed by atoms with van der Waals surface area (Å²) in [6.07, 6.45) is 3.51. The number of ether oxygens (including phenoxy) is 1. The van der Waals surface area contributed by atoms with Gasteiger partial charge in [-0.15, -0.1) is 0 Å². The summed E-state index contributed by atoms with van der Waals surface area (Å²) in [7, 11) is -0.263. The lowest BCUT2D eigenvalue weighted by Gasteiger charge is -2.23. The first kappa shape index (κ1) is 19.0. The summed E-state index contributed by atoms with van der Waals surface area (Å²) in [5.41, 5.74) is 1.93. The van der Waals surface area contributed by atoms with Crippen LogP contribution in [-0.4, -0.2) is 55.3 Å². The van der Waals surface area contributed by atoms with Crippen LogP contribution < -0.4 is 0 Å². The van der Waals surface area contributed by atoms with Crippen LogP contribution in [0.1, 0.15) is 17.2 Å². The van der Waals surface area contributed by atoms with Crippen LogP contribution >= 0.6 is 0 Å². The Morgan fingerprint density at radius 1 is 1.27 bits per heavy atom. The van der Waals surface area contributed by atoms with E-state index < -0.39 is 10.0 Å². The maximum atomic E-state index is 14.0. The number of hydrogen-bond acceptors (Lipinski definition) is 4. The van der Waals surface area contributed by atoms with Crippen LogP contribution in [0.15, 0.2) is 24.5 Å². The smallest absolute Gasteiger partial charge is 0.214 e. The van der Waals surface area contributed by atoms with Crippen LogP contribution in [0.3, 0.4) is 0 Å². The van der Waals surface area contributed by atoms with Crippen LogP contribution in [0.4, 0.5) is 4.39 Å². The molecule has 1 aliphatic heterocycles. The minimum Gasteiger partial charge on any atom is -0.379 e. The van der Waals surface area contributed by atoms with Gasteiger partial charge in [-0.3, -0.25) is 0 Å². The average molecular weight is 381 g/mol. The number of rotatable bonds is 5. The lowest BCUT2D eigenvalue weighted by atomic mass is 10.0. The summed E-state index contributed by atoms with van der Waals surface area (Å²) in [6, 6.07) is 3.40. The monoisotopic (exact) mass is 381 g/mol. The molecule has 0 saturated carbocycles. The third kappa shape index (κ3) is 3.54. The van der Waals surface area contributed by atoms with Gasteiger partial charge in [-0.2, -0.15) is 0 Å². The summed E-state index contributed by atoms with van der Waals surface area (Å²) < 4.78 is 47.3. The molecule has 1 aliphatic rings. The number of aryl methyl sites for hydroxylation is 2. The Kier molecular flexibility index (Phi) is 5.18. The molecule has 8 heteroatoms. The Balaban J connectivity index is 1.95. The van der Waals surface area contributed by atoms with Gasteiger partial charge < -0.3 is 9.30 Å². The Bertz CT molecular complexity index is 885. The van der Waals surface area contributed by atoms with Crippen LogP contribution in [0.5, 0.6) is 0 Å². The quantitative estimate of drug-likeness (QED) is 0.798. The molecule has 142 valence electrons. The Morgan fingerprint density at radius 3 is 2.54 bits per heavy atom. The molecule has 0 unspecified atom stereocenters. The second-order valence-corrected chi connectivity index (χ2v) is 9.24. The van der Waals surface area contributed by atoms with Crippen LogP contribution in [0, 0.1) is 25.6 Å². The first-order valence-electron chi connectivity index (χ1n) is 8.48. The van der Waals surface area contributed by atoms with E-state index in [0.717, 1.165) is 5.56 Å². The zero-order chi connectivity index (χ0) is 19.1. The zero-order valence-corrected chi connectivity index (χ0v) is 16.3. The Hall–Kier alpha value is -1.77. The van der Waals surface area contributed by atoms with Crippen LogP contribution in [0.25, 0.3) is 11.4 Å². The molecular weight excluding hydrogens is 357 g/mol. The minimum atomic E-state index is -3.33. The molecule has 1 fully saturated rings. The maximum absolute atomic E-state index is 14.0. The van der Waals surface area contributed by atoms with E-state index in [1.807, 2.05) is 10.8 Å². The first-order valence-corrected chi connectivity index (χ1v) is 10.1. The van der Waals surface area contributed by atoms with Gasteiger partial charge in [0.25, 0.3) is 0 Å². The highest BCUT2D eigenvalue weighted by molar-refractivity contribution is 7.89. The van der Waals surface area contributed by atoms with Crippen molar-refractivity contribution in [3.63, 3.8) is 0 Å². The molecule has 2 heterocycles. The van der Waals surface area contributed by atoms with Gasteiger partial charge in [0.05, 0.1) is 25.0 Å². The fourth-order valence-electron chi connectivity index (χ4n) is 3.35. The molecule has 26 heavy (non-hydrogen) atoms. The summed E-state index contributed by atoms with van der Waals surface area (Å²) in [5, 5.41) is 0. The molecule has 3 rings (SSSR count). The van der Waals surface area contributed by atoms with Gasteiger partial charge in [0.1, 0.15) is 11.6 Å². The van der Waals surface area contributed by atoms with Crippen LogP contribution in [0.2, 0.25) is 0 Å². The molecule has 2 aromatic rings. The lowest BCUT2D eigenvalue weighted by molar-refractivity contribution is 0.182. The molecule has 0 radical (unpaired) electrons. The predicted octanol–water partition coefficient (Wildman–Crippen LogP) is 2.38. The van der Waals surface area contributed by atoms with Gasteiger partial charge in [0, 0.05) is 38.0 Å². The van der Waals surface area contributed by atoms with Crippen molar-refractivity contribution >= 4 is 10.0 Å². The van der Waals surface area contributed by atoms with Crippen molar-refractivity contribution in [1.82, 2.24) is 13.9 Å². The molecule has 1 aromatic carbocycles. The number of halogens is 1. The molecule has 0 amide bonds. The van der Waals surface area contributed by atoms with E-state index in [9.17, 15) is 12.8 Å². The summed E-state index contributed by atoms with van der Waals surface area (Å²) in [5.74, 6) is 0.326. The van der Waals surface area contributed by atoms with E-state index in [-0.39, 0.29) is 23.5 Å². The SMILES string of the molecule is Cc1cc(-c2nccn2[C@@H]2COC[C@H]2CS(=O)(=O)N(C)C)cc(C)c1F. The van der Waals surface area contributed by atoms with E-state index >= 15 is 0 Å². The highest BCUT2D eigenvalue weighted by atomic mass is 32.2. The number of aromatic nitrogens is 2. The normalized spacial score (nSPS) is 20.8. The molecule has 1 saturated heterocycles. The summed E-state index contributed by atoms with van der Waals surface area (Å²) in [6.45, 7) is 4.27. The first-order chi connectivity index (χ1) is 12.2. The molecule has 0 bridgehead atoms. The molecule has 0 N–H and O–H groups in total. The Labute approximate surface area is 153 Å². The minimum absolute atomic E-state index is 0.0176. The van der Waals surface area contributed by atoms with E-state index in [1.165, 1.54) is 18.4 Å². The van der Waals surface area contributed by atoms with Crippen molar-refractivity contribution in [1.29, 1.82) is 0 Å². The maximum Gasteiger partial charge on any atom is 0.214 e. The number of nitrogens with zero attached hydrogens (tertiary/aromatic N) is 3. The lowest BCUT2D eigenvalue weighted by Crippen LogP contribution is -2.32. The number of benzene rings is 1. The highest BCUT2D eigenvalue weighted by Gasteiger charge is 2.35. The zero-order valence-electron chi connectivity index (χ0n) is 15.4. The van der Waals surface area contributed by atoms with E-state index in [2.05, 4.69) is 4.98 Å². The van der Waals surface area contributed by atoms with E-state index in [1.54, 1.807) is 32.2 Å². The summed E-state index contributed by atoms with van der Waals surface area (Å²) >= 11 is 0. The predicted molar refractivity (Wildman–Crippen MR) is 97.9 cm³/mol. The van der Waals surface area contributed by atoms with Gasteiger partial charge >= 0.3 is 0 Å². The van der Waals surface area contributed by atoms with Crippen molar-refractivity contribution in [3.8, 4) is 11.4 Å². The second-order valence-electron chi connectivity index (χ2n) is 7.01. The third-order valence-electron chi connectivity index (χ3n) is 4.87. The average Bonchev–Trinajstić information content (AvgIpc) is 3.20. The fraction of sp³-hybridized carbons (Fsp3) is 0.500. The molecule has 2 atom stereocenters. The summed E-state index contributed by atoms with van der Waals surface area (Å²) in [4.78, 5) is 4.43. The van der Waals surface area contributed by atoms with Crippen molar-refractivity contribution in [2.75, 3.05) is 33.1 Å². The van der Waals surface area contributed by atoms with Gasteiger partial charge in [-0.05, 0) is 37.1 Å². The number of imidazole rings is 1. The van der Waals surface area contributed by atoms with E-state index in [0.29, 0.717) is 30.2 Å². The van der Waals surface area contributed by atoms with Crippen LogP contribution in [-0.2, 0) is 14.8 Å². The number of sulfonamides is 1. The highest BCUT2D eigenvalue weighted by Crippen LogP contribution is 2.32. The molecule has 0 spiro atoms. The van der Waals surface area contributed by atoms with Crippen molar-refractivity contribution in [2.24, 2.45) is 5.92 Å². The van der Waals surface area contributed by atoms with Crippen molar-refractivity contribution < 1.29 is 17.5 Å². The third-order valence-corrected chi connectivity index (χ3v) is 6.83. The molecule has 6 nitrogen and oxygen atoms in total. The van der Waals surface area contributed by atoms with Gasteiger partial charge in [0.15, 0.2) is 0 Å². The van der Waals surface area contributed by atoms with Gasteiger partial charge in [0.2, 0.25) is 10.0 Å². The largest absolute Gasteiger partial charge is 0.379 e. The topological polar surface area (TPSA) is 64.4 Å². The van der Waals surface area contributed by atoms with Crippen molar-refractivity contribution in [3.05, 3.63) is 41.5 Å². The second kappa shape index (κ2) is 7.09. The molecule has 1 aromatic heterocycles.